The number of benzene rings is 2. The zero-order chi connectivity index (χ0) is 13.7. The smallest absolute Gasteiger partial charge is 0.335 e. The Labute approximate surface area is 112 Å². The molecule has 0 fully saturated rings. The topological polar surface area (TPSA) is 46.5 Å². The lowest BCUT2D eigenvalue weighted by molar-refractivity contribution is -0.150. The van der Waals surface area contributed by atoms with E-state index in [4.69, 9.17) is 0 Å². The third-order valence-corrected chi connectivity index (χ3v) is 2.99. The molecule has 0 saturated heterocycles. The quantitative estimate of drug-likeness (QED) is 0.855. The molecule has 0 amide bonds. The number of aliphatic hydroxyl groups excluding tert-OH is 1. The maximum Gasteiger partial charge on any atom is 0.335 e. The highest BCUT2D eigenvalue weighted by molar-refractivity contribution is 5.76. The van der Waals surface area contributed by atoms with Crippen LogP contribution in [0, 0.1) is 0 Å². The number of hydrogen-bond acceptors (Lipinski definition) is 3. The van der Waals surface area contributed by atoms with Crippen LogP contribution in [-0.2, 0) is 16.0 Å². The second-order valence-corrected chi connectivity index (χ2v) is 4.27. The molecule has 98 valence electrons. The average molecular weight is 256 g/mol. The number of ether oxygens (including phenoxy) is 1. The average Bonchev–Trinajstić information content (AvgIpc) is 2.47. The molecule has 2 aromatic carbocycles. The van der Waals surface area contributed by atoms with Gasteiger partial charge in [-0.15, -0.1) is 0 Å². The van der Waals surface area contributed by atoms with E-state index in [1.54, 1.807) is 0 Å². The summed E-state index contributed by atoms with van der Waals surface area (Å²) in [5.41, 5.74) is 3.01. The first-order valence-electron chi connectivity index (χ1n) is 6.11. The van der Waals surface area contributed by atoms with E-state index in [1.807, 2.05) is 54.6 Å². The fraction of sp³-hybridized carbons (Fsp3) is 0.188. The van der Waals surface area contributed by atoms with E-state index in [0.717, 1.165) is 16.7 Å². The van der Waals surface area contributed by atoms with Crippen molar-refractivity contribution in [2.45, 2.75) is 12.5 Å². The number of carbonyl (C=O) groups excluding carboxylic acids is 1. The van der Waals surface area contributed by atoms with Gasteiger partial charge in [-0.05, 0) is 16.7 Å². The number of hydrogen-bond donors (Lipinski definition) is 1. The molecule has 1 unspecified atom stereocenters. The molecule has 3 heteroatoms. The van der Waals surface area contributed by atoms with Crippen LogP contribution in [0.5, 0.6) is 0 Å². The maximum atomic E-state index is 11.3. The minimum atomic E-state index is -1.13. The van der Waals surface area contributed by atoms with Crippen LogP contribution in [0.1, 0.15) is 5.56 Å². The normalized spacial score (nSPS) is 11.9. The Morgan fingerprint density at radius 3 is 2.42 bits per heavy atom. The Hall–Kier alpha value is -2.13. The van der Waals surface area contributed by atoms with Crippen molar-refractivity contribution in [2.75, 3.05) is 7.11 Å². The van der Waals surface area contributed by atoms with Crippen molar-refractivity contribution in [3.63, 3.8) is 0 Å². The highest BCUT2D eigenvalue weighted by atomic mass is 16.5. The van der Waals surface area contributed by atoms with Gasteiger partial charge in [0.15, 0.2) is 6.10 Å². The Morgan fingerprint density at radius 1 is 1.11 bits per heavy atom. The Kier molecular flexibility index (Phi) is 4.31. The Balaban J connectivity index is 2.30. The molecule has 0 aliphatic carbocycles. The lowest BCUT2D eigenvalue weighted by Gasteiger charge is -2.12. The van der Waals surface area contributed by atoms with Crippen molar-refractivity contribution in [2.24, 2.45) is 0 Å². The first-order chi connectivity index (χ1) is 9.22. The number of aliphatic hydroxyl groups is 1. The molecule has 0 spiro atoms. The van der Waals surface area contributed by atoms with E-state index in [0.29, 0.717) is 0 Å². The monoisotopic (exact) mass is 256 g/mol. The summed E-state index contributed by atoms with van der Waals surface area (Å²) in [4.78, 5) is 11.3. The zero-order valence-electron chi connectivity index (χ0n) is 10.7. The fourth-order valence-corrected chi connectivity index (χ4v) is 2.03. The zero-order valence-corrected chi connectivity index (χ0v) is 10.7. The van der Waals surface area contributed by atoms with Crippen LogP contribution in [0.2, 0.25) is 0 Å². The van der Waals surface area contributed by atoms with Gasteiger partial charge in [0.05, 0.1) is 7.11 Å². The molecular formula is C16H16O3. The van der Waals surface area contributed by atoms with Crippen molar-refractivity contribution in [3.8, 4) is 11.1 Å². The van der Waals surface area contributed by atoms with Crippen molar-refractivity contribution >= 4 is 5.97 Å². The van der Waals surface area contributed by atoms with Crippen LogP contribution in [0.4, 0.5) is 0 Å². The van der Waals surface area contributed by atoms with Crippen molar-refractivity contribution < 1.29 is 14.6 Å². The predicted octanol–water partition coefficient (Wildman–Crippen LogP) is 2.43. The number of methoxy groups -OCH3 is 1. The van der Waals surface area contributed by atoms with E-state index in [2.05, 4.69) is 4.74 Å². The van der Waals surface area contributed by atoms with Gasteiger partial charge in [0.2, 0.25) is 0 Å². The summed E-state index contributed by atoms with van der Waals surface area (Å²) in [7, 11) is 1.27. The van der Waals surface area contributed by atoms with Gasteiger partial charge < -0.3 is 9.84 Å². The summed E-state index contributed by atoms with van der Waals surface area (Å²) in [6.45, 7) is 0. The van der Waals surface area contributed by atoms with Crippen LogP contribution >= 0.6 is 0 Å². The van der Waals surface area contributed by atoms with E-state index in [-0.39, 0.29) is 6.42 Å². The molecule has 3 nitrogen and oxygen atoms in total. The number of esters is 1. The first-order valence-corrected chi connectivity index (χ1v) is 6.11. The summed E-state index contributed by atoms with van der Waals surface area (Å²) in [5.74, 6) is -0.608. The molecule has 0 heterocycles. The van der Waals surface area contributed by atoms with Gasteiger partial charge >= 0.3 is 5.97 Å². The van der Waals surface area contributed by atoms with E-state index >= 15 is 0 Å². The minimum absolute atomic E-state index is 0.248. The standard InChI is InChI=1S/C16H16O3/c1-19-16(18)15(17)11-13-9-5-6-10-14(13)12-7-3-2-4-8-12/h2-10,15,17H,11H2,1H3. The lowest BCUT2D eigenvalue weighted by atomic mass is 9.96. The minimum Gasteiger partial charge on any atom is -0.467 e. The predicted molar refractivity (Wildman–Crippen MR) is 73.6 cm³/mol. The third kappa shape index (κ3) is 3.20. The Morgan fingerprint density at radius 2 is 1.74 bits per heavy atom. The molecule has 0 bridgehead atoms. The van der Waals surface area contributed by atoms with Gasteiger partial charge in [0, 0.05) is 6.42 Å². The third-order valence-electron chi connectivity index (χ3n) is 2.99. The summed E-state index contributed by atoms with van der Waals surface area (Å²) in [5, 5.41) is 9.77. The molecule has 0 radical (unpaired) electrons. The molecule has 2 rings (SSSR count). The molecule has 2 aromatic rings. The van der Waals surface area contributed by atoms with Gasteiger partial charge in [-0.1, -0.05) is 54.6 Å². The molecule has 1 atom stereocenters. The highest BCUT2D eigenvalue weighted by Crippen LogP contribution is 2.24. The van der Waals surface area contributed by atoms with Gasteiger partial charge in [-0.2, -0.15) is 0 Å². The van der Waals surface area contributed by atoms with Crippen LogP contribution in [-0.4, -0.2) is 24.3 Å². The van der Waals surface area contributed by atoms with Crippen molar-refractivity contribution in [1.29, 1.82) is 0 Å². The number of rotatable bonds is 4. The Bertz CT molecular complexity index is 549. The van der Waals surface area contributed by atoms with Crippen LogP contribution < -0.4 is 0 Å². The highest BCUT2D eigenvalue weighted by Gasteiger charge is 2.17. The van der Waals surface area contributed by atoms with Gasteiger partial charge in [-0.3, -0.25) is 0 Å². The van der Waals surface area contributed by atoms with Crippen LogP contribution in [0.3, 0.4) is 0 Å². The maximum absolute atomic E-state index is 11.3. The summed E-state index contributed by atoms with van der Waals surface area (Å²) in [6.07, 6.45) is -0.882. The summed E-state index contributed by atoms with van der Waals surface area (Å²) in [6, 6.07) is 17.6. The second-order valence-electron chi connectivity index (χ2n) is 4.27. The lowest BCUT2D eigenvalue weighted by Crippen LogP contribution is -2.24. The van der Waals surface area contributed by atoms with E-state index in [1.165, 1.54) is 7.11 Å². The van der Waals surface area contributed by atoms with Crippen molar-refractivity contribution in [3.05, 3.63) is 60.2 Å². The summed E-state index contributed by atoms with van der Waals surface area (Å²) >= 11 is 0. The molecular weight excluding hydrogens is 240 g/mol. The molecule has 1 N–H and O–H groups in total. The molecule has 0 saturated carbocycles. The molecule has 0 aliphatic rings. The first kappa shape index (κ1) is 13.3. The van der Waals surface area contributed by atoms with Crippen LogP contribution in [0.25, 0.3) is 11.1 Å². The SMILES string of the molecule is COC(=O)C(O)Cc1ccccc1-c1ccccc1. The molecule has 0 aromatic heterocycles. The van der Waals surface area contributed by atoms with E-state index < -0.39 is 12.1 Å². The van der Waals surface area contributed by atoms with Gasteiger partial charge in [0.25, 0.3) is 0 Å². The molecule has 0 aliphatic heterocycles. The van der Waals surface area contributed by atoms with Gasteiger partial charge in [-0.25, -0.2) is 4.79 Å². The van der Waals surface area contributed by atoms with Crippen molar-refractivity contribution in [1.82, 2.24) is 0 Å². The molecule has 19 heavy (non-hydrogen) atoms. The van der Waals surface area contributed by atoms with Gasteiger partial charge in [0.1, 0.15) is 0 Å². The van der Waals surface area contributed by atoms with Crippen LogP contribution in [0.15, 0.2) is 54.6 Å². The largest absolute Gasteiger partial charge is 0.467 e. The second kappa shape index (κ2) is 6.16. The fourth-order valence-electron chi connectivity index (χ4n) is 2.03. The summed E-state index contributed by atoms with van der Waals surface area (Å²) < 4.78 is 4.54. The number of carbonyl (C=O) groups is 1. The van der Waals surface area contributed by atoms with E-state index in [9.17, 15) is 9.90 Å².